The zero-order valence-corrected chi connectivity index (χ0v) is 18.5. The molecule has 2 aromatic rings. The minimum atomic E-state index is -0.665. The summed E-state index contributed by atoms with van der Waals surface area (Å²) >= 11 is 0. The van der Waals surface area contributed by atoms with E-state index in [1.165, 1.54) is 44.9 Å². The normalized spacial score (nSPS) is 13.0. The van der Waals surface area contributed by atoms with Crippen LogP contribution in [0.5, 0.6) is 0 Å². The smallest absolute Gasteiger partial charge is 0.220 e. The van der Waals surface area contributed by atoms with Crippen molar-refractivity contribution < 1.29 is 14.5 Å². The van der Waals surface area contributed by atoms with Gasteiger partial charge < -0.3 is 10.4 Å². The van der Waals surface area contributed by atoms with Gasteiger partial charge >= 0.3 is 0 Å². The van der Waals surface area contributed by atoms with Crippen LogP contribution in [0.15, 0.2) is 60.9 Å². The first-order chi connectivity index (χ1) is 14.7. The van der Waals surface area contributed by atoms with Gasteiger partial charge in [0.25, 0.3) is 0 Å². The van der Waals surface area contributed by atoms with Crippen molar-refractivity contribution in [2.45, 2.75) is 89.8 Å². The highest BCUT2D eigenvalue weighted by Crippen LogP contribution is 2.16. The van der Waals surface area contributed by atoms with Crippen molar-refractivity contribution in [3.63, 3.8) is 0 Å². The molecule has 0 radical (unpaired) electrons. The Morgan fingerprint density at radius 1 is 0.833 bits per heavy atom. The van der Waals surface area contributed by atoms with Crippen LogP contribution in [-0.4, -0.2) is 17.1 Å². The monoisotopic (exact) mass is 411 g/mol. The van der Waals surface area contributed by atoms with Crippen LogP contribution < -0.4 is 9.88 Å². The third-order valence-corrected chi connectivity index (χ3v) is 5.60. The number of rotatable bonds is 15. The van der Waals surface area contributed by atoms with Gasteiger partial charge in [0.15, 0.2) is 12.4 Å². The van der Waals surface area contributed by atoms with Gasteiger partial charge in [-0.3, -0.25) is 4.79 Å². The maximum absolute atomic E-state index is 12.1. The van der Waals surface area contributed by atoms with E-state index >= 15 is 0 Å². The van der Waals surface area contributed by atoms with Gasteiger partial charge in [0, 0.05) is 25.0 Å². The summed E-state index contributed by atoms with van der Waals surface area (Å²) in [5.41, 5.74) is 0.837. The third kappa shape index (κ3) is 10.0. The number of benzene rings is 1. The van der Waals surface area contributed by atoms with E-state index in [-0.39, 0.29) is 11.9 Å². The molecule has 0 saturated carbocycles. The largest absolute Gasteiger partial charge is 0.386 e. The Balaban J connectivity index is 1.40. The van der Waals surface area contributed by atoms with Gasteiger partial charge in [-0.25, -0.2) is 4.57 Å². The summed E-state index contributed by atoms with van der Waals surface area (Å²) in [4.78, 5) is 12.1. The molecule has 2 atom stereocenters. The standard InChI is InChI=1S/C26H38N2O2/c1-23(26(30)24-17-11-9-12-18-24)27-25(29)19-13-7-5-3-2-4-6-8-14-20-28-21-15-10-16-22-28/h9-12,15-18,21-23,26,30H,2-8,13-14,19-20H2,1H3/p+1/t23-,26+/m0/s1. The minimum absolute atomic E-state index is 0.0359. The minimum Gasteiger partial charge on any atom is -0.386 e. The second-order valence-electron chi connectivity index (χ2n) is 8.26. The molecule has 30 heavy (non-hydrogen) atoms. The molecule has 2 rings (SSSR count). The number of nitrogens with zero attached hydrogens (tertiary/aromatic N) is 1. The van der Waals surface area contributed by atoms with Crippen molar-refractivity contribution in [2.24, 2.45) is 0 Å². The lowest BCUT2D eigenvalue weighted by Crippen LogP contribution is -2.36. The fraction of sp³-hybridized carbons (Fsp3) is 0.538. The Morgan fingerprint density at radius 2 is 1.37 bits per heavy atom. The number of unbranched alkanes of at least 4 members (excludes halogenated alkanes) is 8. The Morgan fingerprint density at radius 3 is 2.00 bits per heavy atom. The van der Waals surface area contributed by atoms with Crippen LogP contribution in [0, 0.1) is 0 Å². The average molecular weight is 412 g/mol. The molecule has 1 heterocycles. The van der Waals surface area contributed by atoms with Gasteiger partial charge in [-0.1, -0.05) is 74.9 Å². The van der Waals surface area contributed by atoms with E-state index in [1.807, 2.05) is 37.3 Å². The summed E-state index contributed by atoms with van der Waals surface area (Å²) < 4.78 is 2.25. The second kappa shape index (κ2) is 14.7. The molecule has 2 N–H and O–H groups in total. The van der Waals surface area contributed by atoms with Crippen LogP contribution in [0.2, 0.25) is 0 Å². The number of amides is 1. The zero-order chi connectivity index (χ0) is 21.4. The molecule has 164 valence electrons. The van der Waals surface area contributed by atoms with Gasteiger partial charge in [-0.15, -0.1) is 0 Å². The predicted octanol–water partition coefficient (Wildman–Crippen LogP) is 5.11. The highest BCUT2D eigenvalue weighted by atomic mass is 16.3. The SMILES string of the molecule is C[C@H](NC(=O)CCCCCCCCCCC[n+]1ccccc1)[C@@H](O)c1ccccc1. The number of hydrogen-bond acceptors (Lipinski definition) is 2. The molecule has 1 aromatic carbocycles. The third-order valence-electron chi connectivity index (χ3n) is 5.60. The van der Waals surface area contributed by atoms with E-state index in [0.29, 0.717) is 6.42 Å². The number of aryl methyl sites for hydroxylation is 1. The lowest BCUT2D eigenvalue weighted by Gasteiger charge is -2.20. The molecule has 0 aliphatic rings. The number of pyridine rings is 1. The summed E-state index contributed by atoms with van der Waals surface area (Å²) in [6.45, 7) is 2.97. The van der Waals surface area contributed by atoms with Gasteiger partial charge in [0.2, 0.25) is 5.91 Å². The van der Waals surface area contributed by atoms with E-state index < -0.39 is 6.10 Å². The molecule has 4 nitrogen and oxygen atoms in total. The second-order valence-corrected chi connectivity index (χ2v) is 8.26. The molecule has 1 aromatic heterocycles. The molecule has 0 aliphatic carbocycles. The fourth-order valence-corrected chi connectivity index (χ4v) is 3.74. The van der Waals surface area contributed by atoms with E-state index in [2.05, 4.69) is 40.5 Å². The Kier molecular flexibility index (Phi) is 11.8. The van der Waals surface area contributed by atoms with Crippen LogP contribution in [-0.2, 0) is 11.3 Å². The van der Waals surface area contributed by atoms with E-state index in [1.54, 1.807) is 0 Å². The molecule has 0 bridgehead atoms. The number of aromatic nitrogens is 1. The van der Waals surface area contributed by atoms with Crippen molar-refractivity contribution in [2.75, 3.05) is 0 Å². The summed E-state index contributed by atoms with van der Waals surface area (Å²) in [6.07, 6.45) is 15.1. The summed E-state index contributed by atoms with van der Waals surface area (Å²) in [5.74, 6) is 0.0359. The first-order valence-corrected chi connectivity index (χ1v) is 11.6. The van der Waals surface area contributed by atoms with E-state index in [0.717, 1.165) is 24.9 Å². The van der Waals surface area contributed by atoms with Crippen LogP contribution >= 0.6 is 0 Å². The molecule has 0 aliphatic heterocycles. The van der Waals surface area contributed by atoms with Crippen LogP contribution in [0.4, 0.5) is 0 Å². The average Bonchev–Trinajstić information content (AvgIpc) is 2.78. The van der Waals surface area contributed by atoms with Crippen molar-refractivity contribution in [3.05, 3.63) is 66.5 Å². The number of carbonyl (C=O) groups excluding carboxylic acids is 1. The molecular weight excluding hydrogens is 372 g/mol. The maximum atomic E-state index is 12.1. The van der Waals surface area contributed by atoms with Crippen molar-refractivity contribution >= 4 is 5.91 Å². The van der Waals surface area contributed by atoms with Gasteiger partial charge in [0.05, 0.1) is 12.1 Å². The number of carbonyl (C=O) groups is 1. The Bertz CT molecular complexity index is 691. The van der Waals surface area contributed by atoms with Crippen LogP contribution in [0.1, 0.15) is 82.8 Å². The summed E-state index contributed by atoms with van der Waals surface area (Å²) in [6, 6.07) is 15.4. The van der Waals surface area contributed by atoms with Crippen molar-refractivity contribution in [1.29, 1.82) is 0 Å². The lowest BCUT2D eigenvalue weighted by atomic mass is 10.0. The number of nitrogens with one attached hydrogen (secondary N) is 1. The lowest BCUT2D eigenvalue weighted by molar-refractivity contribution is -0.697. The molecule has 0 spiro atoms. The summed E-state index contributed by atoms with van der Waals surface area (Å²) in [5, 5.41) is 13.3. The molecule has 4 heteroatoms. The summed E-state index contributed by atoms with van der Waals surface area (Å²) in [7, 11) is 0. The first kappa shape index (κ1) is 24.1. The molecular formula is C26H39N2O2+. The van der Waals surface area contributed by atoms with Gasteiger partial charge in [-0.05, 0) is 25.3 Å². The van der Waals surface area contributed by atoms with Crippen molar-refractivity contribution in [1.82, 2.24) is 5.32 Å². The quantitative estimate of drug-likeness (QED) is 0.316. The molecule has 1 amide bonds. The Labute approximate surface area is 182 Å². The number of hydrogen-bond donors (Lipinski definition) is 2. The van der Waals surface area contributed by atoms with Gasteiger partial charge in [0.1, 0.15) is 6.54 Å². The maximum Gasteiger partial charge on any atom is 0.220 e. The van der Waals surface area contributed by atoms with Crippen molar-refractivity contribution in [3.8, 4) is 0 Å². The molecule has 0 unspecified atom stereocenters. The first-order valence-electron chi connectivity index (χ1n) is 11.6. The van der Waals surface area contributed by atoms with E-state index in [4.69, 9.17) is 0 Å². The highest BCUT2D eigenvalue weighted by molar-refractivity contribution is 5.76. The molecule has 0 fully saturated rings. The fourth-order valence-electron chi connectivity index (χ4n) is 3.74. The highest BCUT2D eigenvalue weighted by Gasteiger charge is 2.17. The van der Waals surface area contributed by atoms with Crippen LogP contribution in [0.25, 0.3) is 0 Å². The topological polar surface area (TPSA) is 53.2 Å². The molecule has 0 saturated heterocycles. The predicted molar refractivity (Wildman–Crippen MR) is 122 cm³/mol. The van der Waals surface area contributed by atoms with E-state index in [9.17, 15) is 9.90 Å². The Hall–Kier alpha value is -2.20. The van der Waals surface area contributed by atoms with Crippen LogP contribution in [0.3, 0.4) is 0 Å². The number of aliphatic hydroxyl groups excluding tert-OH is 1. The zero-order valence-electron chi connectivity index (χ0n) is 18.5. The van der Waals surface area contributed by atoms with Gasteiger partial charge in [-0.2, -0.15) is 0 Å². The number of aliphatic hydroxyl groups is 1.